The molecule has 0 unspecified atom stereocenters. The van der Waals surface area contributed by atoms with Gasteiger partial charge in [-0.15, -0.1) is 0 Å². The van der Waals surface area contributed by atoms with Crippen LogP contribution in [0.1, 0.15) is 16.7 Å². The summed E-state index contributed by atoms with van der Waals surface area (Å²) in [7, 11) is 0. The van der Waals surface area contributed by atoms with Crippen molar-refractivity contribution in [3.05, 3.63) is 69.3 Å². The Morgan fingerprint density at radius 2 is 1.76 bits per heavy atom. The van der Waals surface area contributed by atoms with Gasteiger partial charge in [-0.2, -0.15) is 0 Å². The lowest BCUT2D eigenvalue weighted by Gasteiger charge is -2.07. The number of aryl methyl sites for hydroxylation is 2. The van der Waals surface area contributed by atoms with Crippen LogP contribution in [0.15, 0.2) is 42.5 Å². The van der Waals surface area contributed by atoms with Crippen LogP contribution in [0.5, 0.6) is 0 Å². The number of esters is 1. The van der Waals surface area contributed by atoms with Crippen LogP contribution in [0.3, 0.4) is 0 Å². The van der Waals surface area contributed by atoms with Gasteiger partial charge in [0.1, 0.15) is 0 Å². The van der Waals surface area contributed by atoms with Gasteiger partial charge in [-0.3, -0.25) is 19.7 Å². The summed E-state index contributed by atoms with van der Waals surface area (Å²) in [5.74, 6) is -1.01. The molecule has 2 aromatic rings. The zero-order chi connectivity index (χ0) is 18.4. The lowest BCUT2D eigenvalue weighted by Crippen LogP contribution is -2.21. The van der Waals surface area contributed by atoms with Crippen molar-refractivity contribution < 1.29 is 19.2 Å². The fourth-order valence-corrected chi connectivity index (χ4v) is 2.14. The number of nitro benzene ring substituents is 1. The third-order valence-corrected chi connectivity index (χ3v) is 3.65. The Morgan fingerprint density at radius 1 is 1.08 bits per heavy atom. The first-order valence-electron chi connectivity index (χ1n) is 7.61. The molecule has 0 fully saturated rings. The van der Waals surface area contributed by atoms with Crippen LogP contribution in [0.4, 0.5) is 11.4 Å². The van der Waals surface area contributed by atoms with Crippen LogP contribution < -0.4 is 5.32 Å². The lowest BCUT2D eigenvalue weighted by molar-refractivity contribution is -0.384. The molecule has 0 saturated carbocycles. The van der Waals surface area contributed by atoms with E-state index in [1.54, 1.807) is 0 Å². The topological polar surface area (TPSA) is 98.5 Å². The quantitative estimate of drug-likeness (QED) is 0.494. The smallest absolute Gasteiger partial charge is 0.310 e. The molecule has 130 valence electrons. The van der Waals surface area contributed by atoms with E-state index < -0.39 is 23.4 Å². The Morgan fingerprint density at radius 3 is 2.36 bits per heavy atom. The highest BCUT2D eigenvalue weighted by molar-refractivity contribution is 5.93. The molecule has 0 bridgehead atoms. The second-order valence-electron chi connectivity index (χ2n) is 5.61. The van der Waals surface area contributed by atoms with Crippen molar-refractivity contribution in [1.82, 2.24) is 0 Å². The number of ether oxygens (including phenoxy) is 1. The Labute approximate surface area is 144 Å². The molecular weight excluding hydrogens is 324 g/mol. The normalized spacial score (nSPS) is 10.2. The largest absolute Gasteiger partial charge is 0.455 e. The van der Waals surface area contributed by atoms with Crippen LogP contribution >= 0.6 is 0 Å². The van der Waals surface area contributed by atoms with E-state index >= 15 is 0 Å². The van der Waals surface area contributed by atoms with Crippen LogP contribution in [0.2, 0.25) is 0 Å². The van der Waals surface area contributed by atoms with Gasteiger partial charge < -0.3 is 10.1 Å². The number of hydrogen-bond acceptors (Lipinski definition) is 5. The highest BCUT2D eigenvalue weighted by Gasteiger charge is 2.10. The van der Waals surface area contributed by atoms with Gasteiger partial charge in [-0.25, -0.2) is 0 Å². The first-order chi connectivity index (χ1) is 11.8. The van der Waals surface area contributed by atoms with Crippen molar-refractivity contribution in [1.29, 1.82) is 0 Å². The maximum absolute atomic E-state index is 11.8. The number of nitrogens with zero attached hydrogens (tertiary/aromatic N) is 1. The SMILES string of the molecule is Cc1ccc(CC(=O)OCC(=O)Nc2ccc([N+](=O)[O-])cc2)cc1C. The maximum atomic E-state index is 11.8. The zero-order valence-electron chi connectivity index (χ0n) is 13.9. The monoisotopic (exact) mass is 342 g/mol. The van der Waals surface area contributed by atoms with Gasteiger partial charge in [0.2, 0.25) is 0 Å². The molecule has 0 aliphatic heterocycles. The average molecular weight is 342 g/mol. The number of nitrogens with one attached hydrogen (secondary N) is 1. The molecule has 0 heterocycles. The highest BCUT2D eigenvalue weighted by Crippen LogP contribution is 2.15. The summed E-state index contributed by atoms with van der Waals surface area (Å²) in [5.41, 5.74) is 3.36. The van der Waals surface area contributed by atoms with Gasteiger partial charge in [-0.05, 0) is 42.7 Å². The molecule has 0 atom stereocenters. The van der Waals surface area contributed by atoms with Gasteiger partial charge >= 0.3 is 5.97 Å². The van der Waals surface area contributed by atoms with E-state index in [1.807, 2.05) is 32.0 Å². The van der Waals surface area contributed by atoms with E-state index in [0.29, 0.717) is 5.69 Å². The first kappa shape index (κ1) is 18.1. The van der Waals surface area contributed by atoms with Gasteiger partial charge in [0, 0.05) is 17.8 Å². The molecule has 0 saturated heterocycles. The molecule has 25 heavy (non-hydrogen) atoms. The molecule has 0 aliphatic carbocycles. The van der Waals surface area contributed by atoms with Crippen LogP contribution in [-0.2, 0) is 20.7 Å². The number of benzene rings is 2. The highest BCUT2D eigenvalue weighted by atomic mass is 16.6. The number of carbonyl (C=O) groups excluding carboxylic acids is 2. The molecule has 1 amide bonds. The Kier molecular flexibility index (Phi) is 5.84. The van der Waals surface area contributed by atoms with E-state index in [0.717, 1.165) is 16.7 Å². The Bertz CT molecular complexity index is 800. The molecule has 7 heteroatoms. The summed E-state index contributed by atoms with van der Waals surface area (Å²) < 4.78 is 4.95. The number of carbonyl (C=O) groups is 2. The van der Waals surface area contributed by atoms with Crippen LogP contribution in [0, 0.1) is 24.0 Å². The fourth-order valence-electron chi connectivity index (χ4n) is 2.14. The summed E-state index contributed by atoms with van der Waals surface area (Å²) in [6.45, 7) is 3.53. The van der Waals surface area contributed by atoms with Crippen LogP contribution in [0.25, 0.3) is 0 Å². The number of amides is 1. The van der Waals surface area contributed by atoms with E-state index in [-0.39, 0.29) is 12.1 Å². The van der Waals surface area contributed by atoms with E-state index in [1.165, 1.54) is 24.3 Å². The molecule has 1 N–H and O–H groups in total. The third-order valence-electron chi connectivity index (χ3n) is 3.65. The average Bonchev–Trinajstić information content (AvgIpc) is 2.57. The molecule has 7 nitrogen and oxygen atoms in total. The minimum atomic E-state index is -0.528. The molecule has 0 spiro atoms. The summed E-state index contributed by atoms with van der Waals surface area (Å²) >= 11 is 0. The van der Waals surface area contributed by atoms with E-state index in [2.05, 4.69) is 5.32 Å². The number of nitro groups is 1. The number of anilines is 1. The summed E-state index contributed by atoms with van der Waals surface area (Å²) in [5, 5.41) is 13.1. The van der Waals surface area contributed by atoms with Crippen molar-refractivity contribution >= 4 is 23.3 Å². The van der Waals surface area contributed by atoms with Crippen molar-refractivity contribution in [2.45, 2.75) is 20.3 Å². The lowest BCUT2D eigenvalue weighted by atomic mass is 10.0. The van der Waals surface area contributed by atoms with Crippen molar-refractivity contribution in [3.63, 3.8) is 0 Å². The van der Waals surface area contributed by atoms with Crippen molar-refractivity contribution in [2.75, 3.05) is 11.9 Å². The Hall–Kier alpha value is -3.22. The standard InChI is InChI=1S/C18H18N2O5/c1-12-3-4-14(9-13(12)2)10-18(22)25-11-17(21)19-15-5-7-16(8-6-15)20(23)24/h3-9H,10-11H2,1-2H3,(H,19,21). The predicted octanol–water partition coefficient (Wildman–Crippen LogP) is 2.94. The Balaban J connectivity index is 1.81. The predicted molar refractivity (Wildman–Crippen MR) is 92.3 cm³/mol. The minimum Gasteiger partial charge on any atom is -0.455 e. The molecule has 2 rings (SSSR count). The molecular formula is C18H18N2O5. The van der Waals surface area contributed by atoms with Crippen LogP contribution in [-0.4, -0.2) is 23.4 Å². The third kappa shape index (κ3) is 5.42. The first-order valence-corrected chi connectivity index (χ1v) is 7.61. The molecule has 0 aromatic heterocycles. The summed E-state index contributed by atoms with van der Waals surface area (Å²) in [6, 6.07) is 11.1. The minimum absolute atomic E-state index is 0.0715. The number of hydrogen-bond donors (Lipinski definition) is 1. The zero-order valence-corrected chi connectivity index (χ0v) is 13.9. The van der Waals surface area contributed by atoms with E-state index in [9.17, 15) is 19.7 Å². The van der Waals surface area contributed by atoms with Gasteiger partial charge in [0.25, 0.3) is 11.6 Å². The number of non-ortho nitro benzene ring substituents is 1. The van der Waals surface area contributed by atoms with Gasteiger partial charge in [-0.1, -0.05) is 18.2 Å². The fraction of sp³-hybridized carbons (Fsp3) is 0.222. The van der Waals surface area contributed by atoms with E-state index in [4.69, 9.17) is 4.74 Å². The second-order valence-corrected chi connectivity index (χ2v) is 5.61. The molecule has 2 aromatic carbocycles. The number of rotatable bonds is 6. The molecule has 0 aliphatic rings. The maximum Gasteiger partial charge on any atom is 0.310 e. The van der Waals surface area contributed by atoms with Crippen molar-refractivity contribution in [3.8, 4) is 0 Å². The summed E-state index contributed by atoms with van der Waals surface area (Å²) in [6.07, 6.45) is 0.0892. The van der Waals surface area contributed by atoms with Gasteiger partial charge in [0.15, 0.2) is 6.61 Å². The molecule has 0 radical (unpaired) electrons. The summed E-state index contributed by atoms with van der Waals surface area (Å²) in [4.78, 5) is 33.6. The van der Waals surface area contributed by atoms with Crippen molar-refractivity contribution in [2.24, 2.45) is 0 Å². The van der Waals surface area contributed by atoms with Gasteiger partial charge in [0.05, 0.1) is 11.3 Å². The second kappa shape index (κ2) is 8.05.